The van der Waals surface area contributed by atoms with E-state index in [1.54, 1.807) is 0 Å². The van der Waals surface area contributed by atoms with Gasteiger partial charge in [0.1, 0.15) is 11.5 Å². The number of unbranched alkanes of at least 4 members (excludes halogenated alkanes) is 2. The molecule has 1 fully saturated rings. The van der Waals surface area contributed by atoms with E-state index < -0.39 is 8.56 Å². The van der Waals surface area contributed by atoms with E-state index in [-0.39, 0.29) is 10.8 Å². The Morgan fingerprint density at radius 2 is 1.59 bits per heavy atom. The summed E-state index contributed by atoms with van der Waals surface area (Å²) in [7, 11) is -2.68. The summed E-state index contributed by atoms with van der Waals surface area (Å²) in [6.45, 7) is 20.5. The van der Waals surface area contributed by atoms with Crippen molar-refractivity contribution < 1.29 is 13.6 Å². The van der Waals surface area contributed by atoms with E-state index in [1.807, 2.05) is 25.1 Å². The van der Waals surface area contributed by atoms with Crippen LogP contribution in [0, 0.1) is 5.92 Å². The van der Waals surface area contributed by atoms with Crippen molar-refractivity contribution in [2.24, 2.45) is 5.92 Å². The molecule has 37 heavy (non-hydrogen) atoms. The molecule has 0 bridgehead atoms. The zero-order chi connectivity index (χ0) is 27.9. The van der Waals surface area contributed by atoms with Crippen LogP contribution < -0.4 is 9.61 Å². The molecule has 0 amide bonds. The van der Waals surface area contributed by atoms with Crippen molar-refractivity contribution in [1.82, 2.24) is 0 Å². The molecule has 1 saturated carbocycles. The molecule has 0 saturated heterocycles. The molecule has 1 aliphatic rings. The van der Waals surface area contributed by atoms with Crippen LogP contribution in [0.15, 0.2) is 47.4 Å². The molecular formula is C32H50O3SSi. The molecule has 2 atom stereocenters. The van der Waals surface area contributed by atoms with E-state index in [0.29, 0.717) is 18.3 Å². The molecule has 0 N–H and O–H groups in total. The van der Waals surface area contributed by atoms with Crippen molar-refractivity contribution in [1.29, 1.82) is 0 Å². The number of rotatable bonds is 10. The van der Waals surface area contributed by atoms with Gasteiger partial charge in [-0.15, -0.1) is 12.6 Å². The van der Waals surface area contributed by atoms with Crippen molar-refractivity contribution in [2.45, 2.75) is 116 Å². The van der Waals surface area contributed by atoms with Crippen molar-refractivity contribution in [3.8, 4) is 5.75 Å². The summed E-state index contributed by atoms with van der Waals surface area (Å²) in [6.07, 6.45) is 5.86. The van der Waals surface area contributed by atoms with E-state index in [1.165, 1.54) is 30.4 Å². The molecule has 1 aliphatic carbocycles. The molecule has 2 unspecified atom stereocenters. The van der Waals surface area contributed by atoms with Crippen LogP contribution in [0.4, 0.5) is 0 Å². The second kappa shape index (κ2) is 13.5. The predicted molar refractivity (Wildman–Crippen MR) is 163 cm³/mol. The van der Waals surface area contributed by atoms with Gasteiger partial charge in [-0.3, -0.25) is 4.79 Å². The highest BCUT2D eigenvalue weighted by Gasteiger charge is 2.43. The van der Waals surface area contributed by atoms with Crippen LogP contribution in [0.25, 0.3) is 0 Å². The summed E-state index contributed by atoms with van der Waals surface area (Å²) < 4.78 is 13.2. The first-order valence-corrected chi connectivity index (χ1v) is 16.5. The fourth-order valence-electron chi connectivity index (χ4n) is 4.49. The Balaban J connectivity index is 0.000000449. The fourth-order valence-corrected chi connectivity index (χ4v) is 8.04. The molecule has 3 nitrogen and oxygen atoms in total. The molecule has 0 aliphatic heterocycles. The summed E-state index contributed by atoms with van der Waals surface area (Å²) in [5.74, 6) is 1.90. The first-order chi connectivity index (χ1) is 17.3. The highest BCUT2D eigenvalue weighted by atomic mass is 32.1. The molecule has 0 heterocycles. The Kier molecular flexibility index (Phi) is 11.5. The third-order valence-electron chi connectivity index (χ3n) is 6.98. The second-order valence-corrected chi connectivity index (χ2v) is 16.0. The minimum absolute atomic E-state index is 0.0306. The summed E-state index contributed by atoms with van der Waals surface area (Å²) in [5.41, 5.74) is 2.60. The highest BCUT2D eigenvalue weighted by molar-refractivity contribution is 7.80. The quantitative estimate of drug-likeness (QED) is 0.186. The largest absolute Gasteiger partial charge is 0.517 e. The lowest BCUT2D eigenvalue weighted by atomic mass is 9.80. The first-order valence-electron chi connectivity index (χ1n) is 14.1. The zero-order valence-electron chi connectivity index (χ0n) is 24.7. The van der Waals surface area contributed by atoms with Crippen LogP contribution in [0.1, 0.15) is 106 Å². The number of thiol groups is 1. The number of carbonyl (C=O) groups excluding carboxylic acids is 1. The van der Waals surface area contributed by atoms with E-state index in [0.717, 1.165) is 34.7 Å². The van der Waals surface area contributed by atoms with Crippen LogP contribution in [-0.2, 0) is 20.1 Å². The Morgan fingerprint density at radius 1 is 0.946 bits per heavy atom. The third kappa shape index (κ3) is 9.00. The lowest BCUT2D eigenvalue weighted by Gasteiger charge is -2.34. The lowest BCUT2D eigenvalue weighted by molar-refractivity contribution is -0.111. The number of hydrogen-bond acceptors (Lipinski definition) is 4. The molecule has 2 aromatic carbocycles. The average Bonchev–Trinajstić information content (AvgIpc) is 3.53. The summed E-state index contributed by atoms with van der Waals surface area (Å²) >= 11 is 4.72. The van der Waals surface area contributed by atoms with Crippen LogP contribution in [-0.4, -0.2) is 21.0 Å². The molecule has 0 aromatic heterocycles. The van der Waals surface area contributed by atoms with Gasteiger partial charge in [0.15, 0.2) is 0 Å². The smallest absolute Gasteiger partial charge is 0.434 e. The summed E-state index contributed by atoms with van der Waals surface area (Å²) in [6, 6.07) is 15.6. The van der Waals surface area contributed by atoms with Gasteiger partial charge in [0, 0.05) is 35.1 Å². The number of Topliss-reactive ketones (excluding diaryl/α,β-unsaturated/α-hetero) is 1. The third-order valence-corrected chi connectivity index (χ3v) is 11.1. The van der Waals surface area contributed by atoms with Gasteiger partial charge >= 0.3 is 8.56 Å². The Labute approximate surface area is 233 Å². The monoisotopic (exact) mass is 542 g/mol. The number of hydrogen-bond donors (Lipinski definition) is 1. The lowest BCUT2D eigenvalue weighted by Crippen LogP contribution is -2.57. The summed E-state index contributed by atoms with van der Waals surface area (Å²) in [5, 5.41) is 1.10. The van der Waals surface area contributed by atoms with Gasteiger partial charge in [-0.25, -0.2) is 0 Å². The van der Waals surface area contributed by atoms with Crippen molar-refractivity contribution in [3.63, 3.8) is 0 Å². The minimum Gasteiger partial charge on any atom is -0.517 e. The van der Waals surface area contributed by atoms with Gasteiger partial charge in [0.05, 0.1) is 0 Å². The number of ketones is 1. The van der Waals surface area contributed by atoms with E-state index in [2.05, 4.69) is 79.7 Å². The van der Waals surface area contributed by atoms with Crippen molar-refractivity contribution in [2.75, 3.05) is 6.61 Å². The van der Waals surface area contributed by atoms with Crippen LogP contribution in [0.3, 0.4) is 0 Å². The highest BCUT2D eigenvalue weighted by Crippen LogP contribution is 2.37. The van der Waals surface area contributed by atoms with Crippen molar-refractivity contribution >= 4 is 32.2 Å². The zero-order valence-corrected chi connectivity index (χ0v) is 26.6. The van der Waals surface area contributed by atoms with Crippen LogP contribution in [0.5, 0.6) is 5.75 Å². The maximum atomic E-state index is 10.5. The molecule has 2 aromatic rings. The van der Waals surface area contributed by atoms with Gasteiger partial charge in [0.2, 0.25) is 0 Å². The SMILES string of the molecule is CCCCCC1CC1=O.CCO[Si](CC)(Oc1ccc(C(C)(C)C)cc1C(C)(C)C)c1ccccc1S. The second-order valence-electron chi connectivity index (χ2n) is 12.2. The molecular weight excluding hydrogens is 493 g/mol. The van der Waals surface area contributed by atoms with Gasteiger partial charge in [-0.2, -0.15) is 0 Å². The van der Waals surface area contributed by atoms with E-state index >= 15 is 0 Å². The first kappa shape index (κ1) is 31.7. The van der Waals surface area contributed by atoms with Crippen LogP contribution >= 0.6 is 12.6 Å². The van der Waals surface area contributed by atoms with Crippen LogP contribution in [0.2, 0.25) is 6.04 Å². The molecule has 206 valence electrons. The Hall–Kier alpha value is -1.56. The van der Waals surface area contributed by atoms with E-state index in [9.17, 15) is 4.79 Å². The molecule has 5 heteroatoms. The molecule has 0 radical (unpaired) electrons. The molecule has 0 spiro atoms. The maximum Gasteiger partial charge on any atom is 0.434 e. The average molecular weight is 543 g/mol. The van der Waals surface area contributed by atoms with E-state index in [4.69, 9.17) is 21.5 Å². The topological polar surface area (TPSA) is 35.5 Å². The standard InChI is InChI=1S/C24H36O2SSi.C8H14O/c1-9-25-28(10-2,22-14-12-11-13-21(22)27)26-20-16-15-18(23(3,4)5)17-19(20)24(6,7)8;1-2-3-4-5-7-6-8(7)9/h11-17,27H,9-10H2,1-8H3;7H,2-6H2,1H3. The van der Waals surface area contributed by atoms with Crippen molar-refractivity contribution in [3.05, 3.63) is 53.6 Å². The van der Waals surface area contributed by atoms with Gasteiger partial charge in [-0.05, 0) is 47.4 Å². The minimum atomic E-state index is -2.68. The van der Waals surface area contributed by atoms with Gasteiger partial charge in [0.25, 0.3) is 0 Å². The number of carbonyl (C=O) groups is 1. The fraction of sp³-hybridized carbons (Fsp3) is 0.594. The number of benzene rings is 2. The Bertz CT molecular complexity index is 1020. The van der Waals surface area contributed by atoms with Gasteiger partial charge < -0.3 is 8.85 Å². The Morgan fingerprint density at radius 3 is 2.08 bits per heavy atom. The maximum absolute atomic E-state index is 10.5. The molecule has 3 rings (SSSR count). The van der Waals surface area contributed by atoms with Gasteiger partial charge in [-0.1, -0.05) is 105 Å². The predicted octanol–water partition coefficient (Wildman–Crippen LogP) is 8.51. The normalized spacial score (nSPS) is 17.0. The summed E-state index contributed by atoms with van der Waals surface area (Å²) in [4.78, 5) is 11.4.